The molecule has 5 nitrogen and oxygen atoms in total. The molecule has 1 aromatic carbocycles. The molecule has 1 amide bonds. The Bertz CT molecular complexity index is 680. The Kier molecular flexibility index (Phi) is 3.90. The molecule has 0 radical (unpaired) electrons. The first-order valence-electron chi connectivity index (χ1n) is 7.37. The quantitative estimate of drug-likeness (QED) is 0.914. The zero-order chi connectivity index (χ0) is 15.7. The third-order valence-electron chi connectivity index (χ3n) is 4.19. The lowest BCUT2D eigenvalue weighted by molar-refractivity contribution is 0.0709. The van der Waals surface area contributed by atoms with Crippen molar-refractivity contribution in [2.45, 2.75) is 25.5 Å². The molecule has 0 spiro atoms. The first kappa shape index (κ1) is 14.7. The summed E-state index contributed by atoms with van der Waals surface area (Å²) < 4.78 is 5.26. The van der Waals surface area contributed by atoms with Gasteiger partial charge in [-0.2, -0.15) is 0 Å². The van der Waals surface area contributed by atoms with Crippen LogP contribution in [0.15, 0.2) is 36.5 Å². The number of amides is 1. The second-order valence-corrected chi connectivity index (χ2v) is 5.68. The number of nitrogens with one attached hydrogen (secondary N) is 1. The van der Waals surface area contributed by atoms with E-state index < -0.39 is 6.10 Å². The van der Waals surface area contributed by atoms with E-state index in [4.69, 9.17) is 4.74 Å². The van der Waals surface area contributed by atoms with Crippen LogP contribution in [0.5, 0.6) is 5.75 Å². The summed E-state index contributed by atoms with van der Waals surface area (Å²) in [5.41, 5.74) is 2.48. The first-order valence-corrected chi connectivity index (χ1v) is 7.37. The van der Waals surface area contributed by atoms with E-state index in [0.29, 0.717) is 18.7 Å². The number of benzene rings is 1. The van der Waals surface area contributed by atoms with Gasteiger partial charge in [-0.1, -0.05) is 12.1 Å². The number of rotatable bonds is 3. The Morgan fingerprint density at radius 3 is 2.91 bits per heavy atom. The summed E-state index contributed by atoms with van der Waals surface area (Å²) in [7, 11) is 1.62. The molecule has 3 rings (SSSR count). The summed E-state index contributed by atoms with van der Waals surface area (Å²) in [5, 5.41) is 10.0. The van der Waals surface area contributed by atoms with Crippen molar-refractivity contribution in [1.29, 1.82) is 0 Å². The number of β-amino-alcohol motifs (C(OH)–C–C–N with tert-alkyl or cyclic N) is 1. The summed E-state index contributed by atoms with van der Waals surface area (Å²) in [4.78, 5) is 17.5. The SMILES string of the molecule is COc1cccc([C@H]2C[C@H](O)CN2C(=O)c2[nH]ccc2C)c1. The fraction of sp³-hybridized carbons (Fsp3) is 0.353. The van der Waals surface area contributed by atoms with Gasteiger partial charge in [0.15, 0.2) is 0 Å². The Balaban J connectivity index is 1.92. The third kappa shape index (κ3) is 2.60. The highest BCUT2D eigenvalue weighted by molar-refractivity contribution is 5.94. The lowest BCUT2D eigenvalue weighted by Crippen LogP contribution is -2.32. The van der Waals surface area contributed by atoms with Gasteiger partial charge in [0.2, 0.25) is 0 Å². The van der Waals surface area contributed by atoms with Crippen molar-refractivity contribution >= 4 is 5.91 Å². The van der Waals surface area contributed by atoms with Crippen molar-refractivity contribution < 1.29 is 14.6 Å². The zero-order valence-corrected chi connectivity index (χ0v) is 12.7. The number of aryl methyl sites for hydroxylation is 1. The average Bonchev–Trinajstić information content (AvgIpc) is 3.12. The molecule has 0 aliphatic carbocycles. The number of carbonyl (C=O) groups is 1. The van der Waals surface area contributed by atoms with E-state index in [1.807, 2.05) is 37.3 Å². The Morgan fingerprint density at radius 2 is 2.23 bits per heavy atom. The van der Waals surface area contributed by atoms with Crippen LogP contribution < -0.4 is 4.74 Å². The number of hydrogen-bond donors (Lipinski definition) is 2. The molecule has 1 aromatic heterocycles. The van der Waals surface area contributed by atoms with Crippen molar-refractivity contribution in [3.05, 3.63) is 53.3 Å². The third-order valence-corrected chi connectivity index (χ3v) is 4.19. The van der Waals surface area contributed by atoms with Crippen molar-refractivity contribution in [3.8, 4) is 5.75 Å². The number of aliphatic hydroxyl groups excluding tert-OH is 1. The molecule has 22 heavy (non-hydrogen) atoms. The van der Waals surface area contributed by atoms with Gasteiger partial charge in [-0.15, -0.1) is 0 Å². The van der Waals surface area contributed by atoms with Crippen LogP contribution in [0.4, 0.5) is 0 Å². The van der Waals surface area contributed by atoms with Gasteiger partial charge >= 0.3 is 0 Å². The van der Waals surface area contributed by atoms with E-state index in [2.05, 4.69) is 4.98 Å². The highest BCUT2D eigenvalue weighted by Gasteiger charge is 2.36. The highest BCUT2D eigenvalue weighted by Crippen LogP contribution is 2.34. The van der Waals surface area contributed by atoms with Crippen molar-refractivity contribution in [1.82, 2.24) is 9.88 Å². The van der Waals surface area contributed by atoms with Crippen molar-refractivity contribution in [3.63, 3.8) is 0 Å². The standard InChI is InChI=1S/C17H20N2O3/c1-11-6-7-18-16(11)17(21)19-10-13(20)9-15(19)12-4-3-5-14(8-12)22-2/h3-8,13,15,18,20H,9-10H2,1-2H3/t13-,15+/m0/s1. The van der Waals surface area contributed by atoms with Gasteiger partial charge in [-0.25, -0.2) is 0 Å². The molecule has 1 fully saturated rings. The Hall–Kier alpha value is -2.27. The summed E-state index contributed by atoms with van der Waals surface area (Å²) in [5.74, 6) is 0.675. The van der Waals surface area contributed by atoms with Crippen LogP contribution in [0.2, 0.25) is 0 Å². The Morgan fingerprint density at radius 1 is 1.41 bits per heavy atom. The van der Waals surface area contributed by atoms with E-state index in [0.717, 1.165) is 16.9 Å². The summed E-state index contributed by atoms with van der Waals surface area (Å²) in [6.45, 7) is 2.25. The molecule has 2 atom stereocenters. The van der Waals surface area contributed by atoms with E-state index in [1.165, 1.54) is 0 Å². The fourth-order valence-corrected chi connectivity index (χ4v) is 3.02. The van der Waals surface area contributed by atoms with Gasteiger partial charge in [0.25, 0.3) is 5.91 Å². The smallest absolute Gasteiger partial charge is 0.271 e. The van der Waals surface area contributed by atoms with Crippen LogP contribution in [0, 0.1) is 6.92 Å². The minimum atomic E-state index is -0.504. The molecule has 0 bridgehead atoms. The highest BCUT2D eigenvalue weighted by atomic mass is 16.5. The number of H-pyrrole nitrogens is 1. The number of aliphatic hydroxyl groups is 1. The molecule has 2 N–H and O–H groups in total. The van der Waals surface area contributed by atoms with Gasteiger partial charge < -0.3 is 19.7 Å². The summed E-state index contributed by atoms with van der Waals surface area (Å²) in [6.07, 6.45) is 1.80. The van der Waals surface area contributed by atoms with Crippen LogP contribution in [0.3, 0.4) is 0 Å². The van der Waals surface area contributed by atoms with Crippen LogP contribution in [0.25, 0.3) is 0 Å². The number of carbonyl (C=O) groups excluding carboxylic acids is 1. The van der Waals surface area contributed by atoms with Crippen molar-refractivity contribution in [2.24, 2.45) is 0 Å². The monoisotopic (exact) mass is 300 g/mol. The van der Waals surface area contributed by atoms with Gasteiger partial charge in [-0.05, 0) is 42.7 Å². The second-order valence-electron chi connectivity index (χ2n) is 5.68. The molecule has 0 unspecified atom stereocenters. The van der Waals surface area contributed by atoms with Crippen LogP contribution >= 0.6 is 0 Å². The number of aromatic amines is 1. The summed E-state index contributed by atoms with van der Waals surface area (Å²) in [6, 6.07) is 9.40. The number of likely N-dealkylation sites (tertiary alicyclic amines) is 1. The molecule has 1 saturated heterocycles. The maximum atomic E-state index is 12.8. The second kappa shape index (κ2) is 5.85. The van der Waals surface area contributed by atoms with Gasteiger partial charge in [0.05, 0.1) is 19.3 Å². The number of ether oxygens (including phenoxy) is 1. The molecular formula is C17H20N2O3. The van der Waals surface area contributed by atoms with Gasteiger partial charge in [0, 0.05) is 12.7 Å². The van der Waals surface area contributed by atoms with E-state index >= 15 is 0 Å². The maximum Gasteiger partial charge on any atom is 0.271 e. The first-order chi connectivity index (χ1) is 10.6. The fourth-order valence-electron chi connectivity index (χ4n) is 3.02. The van der Waals surface area contributed by atoms with Crippen LogP contribution in [-0.2, 0) is 0 Å². The lowest BCUT2D eigenvalue weighted by Gasteiger charge is -2.25. The van der Waals surface area contributed by atoms with Crippen LogP contribution in [-0.4, -0.2) is 40.7 Å². The molecule has 116 valence electrons. The maximum absolute atomic E-state index is 12.8. The molecular weight excluding hydrogens is 280 g/mol. The normalized spacial score (nSPS) is 21.1. The number of hydrogen-bond acceptors (Lipinski definition) is 3. The van der Waals surface area contributed by atoms with E-state index in [-0.39, 0.29) is 11.9 Å². The predicted octanol–water partition coefficient (Wildman–Crippen LogP) is 2.28. The lowest BCUT2D eigenvalue weighted by atomic mass is 10.0. The van der Waals surface area contributed by atoms with Gasteiger partial charge in [-0.3, -0.25) is 4.79 Å². The number of aromatic nitrogens is 1. The average molecular weight is 300 g/mol. The zero-order valence-electron chi connectivity index (χ0n) is 12.7. The van der Waals surface area contributed by atoms with Crippen molar-refractivity contribution in [2.75, 3.05) is 13.7 Å². The molecule has 1 aliphatic rings. The largest absolute Gasteiger partial charge is 0.497 e. The molecule has 2 aromatic rings. The Labute approximate surface area is 129 Å². The van der Waals surface area contributed by atoms with E-state index in [1.54, 1.807) is 18.2 Å². The minimum absolute atomic E-state index is 0.0770. The number of methoxy groups -OCH3 is 1. The number of nitrogens with zero attached hydrogens (tertiary/aromatic N) is 1. The van der Waals surface area contributed by atoms with E-state index in [9.17, 15) is 9.90 Å². The molecule has 1 aliphatic heterocycles. The van der Waals surface area contributed by atoms with Crippen LogP contribution in [0.1, 0.15) is 34.1 Å². The molecule has 5 heteroatoms. The topological polar surface area (TPSA) is 65.6 Å². The molecule has 0 saturated carbocycles. The molecule has 2 heterocycles. The minimum Gasteiger partial charge on any atom is -0.497 e. The summed E-state index contributed by atoms with van der Waals surface area (Å²) >= 11 is 0. The predicted molar refractivity (Wildman–Crippen MR) is 82.9 cm³/mol. The van der Waals surface area contributed by atoms with Gasteiger partial charge in [0.1, 0.15) is 11.4 Å².